The summed E-state index contributed by atoms with van der Waals surface area (Å²) in [6, 6.07) is 4.18. The van der Waals surface area contributed by atoms with Gasteiger partial charge in [0.1, 0.15) is 0 Å². The van der Waals surface area contributed by atoms with Crippen LogP contribution in [-0.4, -0.2) is 24.0 Å². The van der Waals surface area contributed by atoms with Gasteiger partial charge in [0, 0.05) is 29.0 Å². The van der Waals surface area contributed by atoms with E-state index >= 15 is 0 Å². The SMILES string of the molecule is CCNC(=NCc1cccs1)NCCCCc1nc(C)cs1.I. The van der Waals surface area contributed by atoms with Crippen molar-refractivity contribution in [1.29, 1.82) is 0 Å². The van der Waals surface area contributed by atoms with Gasteiger partial charge in [-0.15, -0.1) is 46.7 Å². The Morgan fingerprint density at radius 1 is 1.26 bits per heavy atom. The number of nitrogens with zero attached hydrogens (tertiary/aromatic N) is 2. The highest BCUT2D eigenvalue weighted by Gasteiger charge is 2.00. The predicted octanol–water partition coefficient (Wildman–Crippen LogP) is 4.21. The molecular weight excluding hydrogens is 439 g/mol. The highest BCUT2D eigenvalue weighted by Crippen LogP contribution is 2.11. The van der Waals surface area contributed by atoms with Crippen LogP contribution in [0.2, 0.25) is 0 Å². The Morgan fingerprint density at radius 2 is 2.13 bits per heavy atom. The molecule has 0 unspecified atom stereocenters. The molecule has 0 saturated carbocycles. The van der Waals surface area contributed by atoms with Crippen molar-refractivity contribution in [2.45, 2.75) is 39.7 Å². The van der Waals surface area contributed by atoms with Crippen LogP contribution >= 0.6 is 46.7 Å². The van der Waals surface area contributed by atoms with Gasteiger partial charge in [-0.25, -0.2) is 9.98 Å². The van der Waals surface area contributed by atoms with Crippen molar-refractivity contribution in [3.05, 3.63) is 38.5 Å². The van der Waals surface area contributed by atoms with E-state index in [4.69, 9.17) is 0 Å². The highest BCUT2D eigenvalue weighted by atomic mass is 127. The maximum absolute atomic E-state index is 4.61. The predicted molar refractivity (Wildman–Crippen MR) is 112 cm³/mol. The summed E-state index contributed by atoms with van der Waals surface area (Å²) < 4.78 is 0. The van der Waals surface area contributed by atoms with Gasteiger partial charge in [-0.3, -0.25) is 0 Å². The van der Waals surface area contributed by atoms with Crippen molar-refractivity contribution in [3.8, 4) is 0 Å². The van der Waals surface area contributed by atoms with Crippen LogP contribution < -0.4 is 10.6 Å². The van der Waals surface area contributed by atoms with E-state index in [0.29, 0.717) is 0 Å². The van der Waals surface area contributed by atoms with Crippen LogP contribution in [0.1, 0.15) is 35.3 Å². The number of aliphatic imine (C=N–C) groups is 1. The largest absolute Gasteiger partial charge is 0.357 e. The van der Waals surface area contributed by atoms with Crippen LogP contribution in [0.15, 0.2) is 27.9 Å². The molecule has 0 aliphatic heterocycles. The van der Waals surface area contributed by atoms with E-state index in [1.54, 1.807) is 22.7 Å². The van der Waals surface area contributed by atoms with E-state index in [-0.39, 0.29) is 24.0 Å². The molecule has 2 rings (SSSR count). The van der Waals surface area contributed by atoms with Crippen molar-refractivity contribution in [2.75, 3.05) is 13.1 Å². The number of guanidine groups is 1. The molecule has 4 nitrogen and oxygen atoms in total. The number of thiophene rings is 1. The standard InChI is InChI=1S/C16H24N4S2.HI/c1-3-17-16(19-11-14-7-6-10-21-14)18-9-5-4-8-15-20-13(2)12-22-15;/h6-7,10,12H,3-5,8-9,11H2,1-2H3,(H2,17,18,19);1H. The molecule has 0 saturated heterocycles. The third-order valence-electron chi connectivity index (χ3n) is 3.09. The third-order valence-corrected chi connectivity index (χ3v) is 4.98. The van der Waals surface area contributed by atoms with Crippen LogP contribution in [0.25, 0.3) is 0 Å². The van der Waals surface area contributed by atoms with Crippen LogP contribution in [0.3, 0.4) is 0 Å². The zero-order valence-electron chi connectivity index (χ0n) is 13.7. The second-order valence-electron chi connectivity index (χ2n) is 5.04. The minimum Gasteiger partial charge on any atom is -0.357 e. The van der Waals surface area contributed by atoms with Gasteiger partial charge >= 0.3 is 0 Å². The molecule has 0 aliphatic carbocycles. The zero-order valence-corrected chi connectivity index (χ0v) is 17.6. The van der Waals surface area contributed by atoms with Gasteiger partial charge in [-0.05, 0) is 44.6 Å². The molecule has 23 heavy (non-hydrogen) atoms. The lowest BCUT2D eigenvalue weighted by molar-refractivity contribution is 0.692. The van der Waals surface area contributed by atoms with Crippen molar-refractivity contribution < 1.29 is 0 Å². The topological polar surface area (TPSA) is 49.3 Å². The summed E-state index contributed by atoms with van der Waals surface area (Å²) in [7, 11) is 0. The number of aryl methyl sites for hydroxylation is 2. The van der Waals surface area contributed by atoms with Crippen LogP contribution in [-0.2, 0) is 13.0 Å². The first-order valence-electron chi connectivity index (χ1n) is 7.73. The molecular formula is C16H25IN4S2. The minimum atomic E-state index is 0. The molecule has 0 spiro atoms. The van der Waals surface area contributed by atoms with Gasteiger partial charge in [0.25, 0.3) is 0 Å². The fourth-order valence-electron chi connectivity index (χ4n) is 2.03. The van der Waals surface area contributed by atoms with E-state index in [2.05, 4.69) is 50.4 Å². The summed E-state index contributed by atoms with van der Waals surface area (Å²) in [4.78, 5) is 10.4. The van der Waals surface area contributed by atoms with E-state index in [1.165, 1.54) is 9.88 Å². The summed E-state index contributed by atoms with van der Waals surface area (Å²) >= 11 is 3.51. The second-order valence-corrected chi connectivity index (χ2v) is 7.02. The fraction of sp³-hybridized carbons (Fsp3) is 0.500. The number of rotatable bonds is 8. The Hall–Kier alpha value is -0.670. The maximum Gasteiger partial charge on any atom is 0.191 e. The van der Waals surface area contributed by atoms with Crippen molar-refractivity contribution in [2.24, 2.45) is 4.99 Å². The van der Waals surface area contributed by atoms with Gasteiger partial charge < -0.3 is 10.6 Å². The minimum absolute atomic E-state index is 0. The maximum atomic E-state index is 4.61. The fourth-order valence-corrected chi connectivity index (χ4v) is 3.47. The zero-order chi connectivity index (χ0) is 15.6. The average Bonchev–Trinajstić information content (AvgIpc) is 3.16. The lowest BCUT2D eigenvalue weighted by Gasteiger charge is -2.10. The monoisotopic (exact) mass is 464 g/mol. The Morgan fingerprint density at radius 3 is 2.78 bits per heavy atom. The molecule has 0 bridgehead atoms. The molecule has 2 aromatic rings. The number of aromatic nitrogens is 1. The number of thiazole rings is 1. The smallest absolute Gasteiger partial charge is 0.191 e. The Kier molecular flexibility index (Phi) is 10.5. The van der Waals surface area contributed by atoms with Crippen LogP contribution in [0.5, 0.6) is 0 Å². The molecule has 2 N–H and O–H groups in total. The average molecular weight is 464 g/mol. The Bertz CT molecular complexity index is 566. The first kappa shape index (κ1) is 20.4. The summed E-state index contributed by atoms with van der Waals surface area (Å²) in [6.45, 7) is 6.71. The molecule has 2 heterocycles. The molecule has 0 aliphatic rings. The van der Waals surface area contributed by atoms with Crippen molar-refractivity contribution in [3.63, 3.8) is 0 Å². The summed E-state index contributed by atoms with van der Waals surface area (Å²) in [5.41, 5.74) is 1.13. The molecule has 0 radical (unpaired) electrons. The summed E-state index contributed by atoms with van der Waals surface area (Å²) in [6.07, 6.45) is 3.36. The quantitative estimate of drug-likeness (QED) is 0.266. The molecule has 0 aromatic carbocycles. The third kappa shape index (κ3) is 8.12. The number of nitrogens with one attached hydrogen (secondary N) is 2. The Balaban J connectivity index is 0.00000264. The first-order valence-corrected chi connectivity index (χ1v) is 9.49. The van der Waals surface area contributed by atoms with Gasteiger partial charge in [-0.1, -0.05) is 6.07 Å². The molecule has 7 heteroatoms. The molecule has 0 atom stereocenters. The number of hydrogen-bond acceptors (Lipinski definition) is 4. The van der Waals surface area contributed by atoms with Gasteiger partial charge in [0.05, 0.1) is 11.6 Å². The second kappa shape index (κ2) is 11.8. The van der Waals surface area contributed by atoms with E-state index in [1.807, 2.05) is 6.92 Å². The van der Waals surface area contributed by atoms with Gasteiger partial charge in [-0.2, -0.15) is 0 Å². The normalized spacial score (nSPS) is 11.1. The summed E-state index contributed by atoms with van der Waals surface area (Å²) in [5, 5.41) is 12.1. The Labute approximate surface area is 163 Å². The molecule has 128 valence electrons. The number of hydrogen-bond donors (Lipinski definition) is 2. The van der Waals surface area contributed by atoms with E-state index in [0.717, 1.165) is 50.6 Å². The van der Waals surface area contributed by atoms with Crippen LogP contribution in [0, 0.1) is 6.92 Å². The van der Waals surface area contributed by atoms with Crippen molar-refractivity contribution >= 4 is 52.6 Å². The van der Waals surface area contributed by atoms with E-state index < -0.39 is 0 Å². The van der Waals surface area contributed by atoms with Gasteiger partial charge in [0.2, 0.25) is 0 Å². The lowest BCUT2D eigenvalue weighted by atomic mass is 10.2. The number of unbranched alkanes of at least 4 members (excludes halogenated alkanes) is 1. The molecule has 0 fully saturated rings. The lowest BCUT2D eigenvalue weighted by Crippen LogP contribution is -2.37. The van der Waals surface area contributed by atoms with Crippen molar-refractivity contribution in [1.82, 2.24) is 15.6 Å². The molecule has 2 aromatic heterocycles. The van der Waals surface area contributed by atoms with Crippen LogP contribution in [0.4, 0.5) is 0 Å². The van der Waals surface area contributed by atoms with E-state index in [9.17, 15) is 0 Å². The molecule has 0 amide bonds. The highest BCUT2D eigenvalue weighted by molar-refractivity contribution is 14.0. The summed E-state index contributed by atoms with van der Waals surface area (Å²) in [5.74, 6) is 0.904. The number of halogens is 1. The van der Waals surface area contributed by atoms with Gasteiger partial charge in [0.15, 0.2) is 5.96 Å². The first-order chi connectivity index (χ1) is 10.8.